The van der Waals surface area contributed by atoms with Crippen LogP contribution >= 0.6 is 11.8 Å². The highest BCUT2D eigenvalue weighted by molar-refractivity contribution is 8.00. The van der Waals surface area contributed by atoms with E-state index < -0.39 is 0 Å². The van der Waals surface area contributed by atoms with E-state index in [0.29, 0.717) is 11.2 Å². The van der Waals surface area contributed by atoms with Gasteiger partial charge >= 0.3 is 0 Å². The Kier molecular flexibility index (Phi) is 4.23. The molecule has 26 heavy (non-hydrogen) atoms. The Morgan fingerprint density at radius 3 is 2.31 bits per heavy atom. The summed E-state index contributed by atoms with van der Waals surface area (Å²) in [5, 5.41) is 5.78. The SMILES string of the molecule is O=C(CSc1ccc2ccccc2c1)NCC12CC3CC(CC(C3)C1)C2. The van der Waals surface area contributed by atoms with Gasteiger partial charge in [-0.15, -0.1) is 11.8 Å². The second kappa shape index (κ2) is 6.60. The van der Waals surface area contributed by atoms with Crippen molar-refractivity contribution >= 4 is 28.4 Å². The van der Waals surface area contributed by atoms with Crippen molar-refractivity contribution in [3.8, 4) is 0 Å². The zero-order valence-corrected chi connectivity index (χ0v) is 16.1. The van der Waals surface area contributed by atoms with Crippen molar-refractivity contribution in [2.24, 2.45) is 23.2 Å². The average molecular weight is 366 g/mol. The zero-order chi connectivity index (χ0) is 17.6. The molecule has 0 aromatic heterocycles. The molecule has 0 aliphatic heterocycles. The normalized spacial score (nSPS) is 32.1. The Bertz CT molecular complexity index is 795. The molecule has 2 nitrogen and oxygen atoms in total. The van der Waals surface area contributed by atoms with E-state index in [1.54, 1.807) is 11.8 Å². The Morgan fingerprint density at radius 1 is 0.962 bits per heavy atom. The Labute approximate surface area is 160 Å². The van der Waals surface area contributed by atoms with Gasteiger partial charge < -0.3 is 5.32 Å². The molecule has 4 aliphatic carbocycles. The van der Waals surface area contributed by atoms with E-state index in [1.165, 1.54) is 54.2 Å². The molecule has 136 valence electrons. The van der Waals surface area contributed by atoms with Crippen molar-refractivity contribution in [3.63, 3.8) is 0 Å². The van der Waals surface area contributed by atoms with Crippen molar-refractivity contribution in [2.45, 2.75) is 43.4 Å². The van der Waals surface area contributed by atoms with Crippen LogP contribution in [0.2, 0.25) is 0 Å². The smallest absolute Gasteiger partial charge is 0.230 e. The number of rotatable bonds is 5. The third-order valence-corrected chi connectivity index (χ3v) is 7.91. The number of carbonyl (C=O) groups is 1. The van der Waals surface area contributed by atoms with Crippen LogP contribution in [0, 0.1) is 23.2 Å². The summed E-state index contributed by atoms with van der Waals surface area (Å²) in [6.45, 7) is 0.910. The molecule has 0 unspecified atom stereocenters. The fourth-order valence-corrected chi connectivity index (χ4v) is 7.02. The third kappa shape index (κ3) is 3.26. The van der Waals surface area contributed by atoms with Gasteiger partial charge in [0.25, 0.3) is 0 Å². The van der Waals surface area contributed by atoms with E-state index in [0.717, 1.165) is 24.3 Å². The van der Waals surface area contributed by atoms with Crippen LogP contribution < -0.4 is 5.32 Å². The largest absolute Gasteiger partial charge is 0.355 e. The second-order valence-electron chi connectivity index (χ2n) is 8.99. The van der Waals surface area contributed by atoms with Crippen molar-refractivity contribution in [1.82, 2.24) is 5.32 Å². The molecule has 4 bridgehead atoms. The van der Waals surface area contributed by atoms with Crippen molar-refractivity contribution < 1.29 is 4.79 Å². The van der Waals surface area contributed by atoms with Crippen LogP contribution in [0.3, 0.4) is 0 Å². The zero-order valence-electron chi connectivity index (χ0n) is 15.2. The molecule has 1 N–H and O–H groups in total. The molecule has 1 amide bonds. The molecule has 4 fully saturated rings. The van der Waals surface area contributed by atoms with E-state index in [4.69, 9.17) is 0 Å². The van der Waals surface area contributed by atoms with E-state index in [9.17, 15) is 4.79 Å². The lowest BCUT2D eigenvalue weighted by Gasteiger charge is -2.56. The summed E-state index contributed by atoms with van der Waals surface area (Å²) in [4.78, 5) is 13.6. The quantitative estimate of drug-likeness (QED) is 0.732. The highest BCUT2D eigenvalue weighted by Gasteiger charge is 2.50. The van der Waals surface area contributed by atoms with E-state index in [-0.39, 0.29) is 5.91 Å². The molecule has 0 spiro atoms. The standard InChI is InChI=1S/C23H27NOS/c25-22(14-26-21-6-5-19-3-1-2-4-20(19)10-21)24-15-23-11-16-7-17(12-23)9-18(8-16)13-23/h1-6,10,16-18H,7-9,11-15H2,(H,24,25). The maximum absolute atomic E-state index is 12.4. The minimum absolute atomic E-state index is 0.193. The summed E-state index contributed by atoms with van der Waals surface area (Å²) in [6, 6.07) is 14.8. The van der Waals surface area contributed by atoms with Crippen molar-refractivity contribution in [2.75, 3.05) is 12.3 Å². The number of benzene rings is 2. The molecule has 6 rings (SSSR count). The van der Waals surface area contributed by atoms with Gasteiger partial charge in [0.1, 0.15) is 0 Å². The van der Waals surface area contributed by atoms with E-state index in [1.807, 2.05) is 0 Å². The molecular weight excluding hydrogens is 338 g/mol. The van der Waals surface area contributed by atoms with Crippen LogP contribution in [0.15, 0.2) is 47.4 Å². The summed E-state index contributed by atoms with van der Waals surface area (Å²) in [5.41, 5.74) is 0.429. The van der Waals surface area contributed by atoms with Gasteiger partial charge in [-0.25, -0.2) is 0 Å². The number of thioether (sulfide) groups is 1. The topological polar surface area (TPSA) is 29.1 Å². The number of nitrogens with one attached hydrogen (secondary N) is 1. The Morgan fingerprint density at radius 2 is 1.62 bits per heavy atom. The van der Waals surface area contributed by atoms with Crippen LogP contribution in [0.25, 0.3) is 10.8 Å². The van der Waals surface area contributed by atoms with Gasteiger partial charge in [-0.3, -0.25) is 4.79 Å². The maximum Gasteiger partial charge on any atom is 0.230 e. The maximum atomic E-state index is 12.4. The summed E-state index contributed by atoms with van der Waals surface area (Å²) in [6.07, 6.45) is 8.46. The second-order valence-corrected chi connectivity index (χ2v) is 10.0. The van der Waals surface area contributed by atoms with Crippen molar-refractivity contribution in [3.05, 3.63) is 42.5 Å². The van der Waals surface area contributed by atoms with E-state index >= 15 is 0 Å². The van der Waals surface area contributed by atoms with Gasteiger partial charge in [-0.05, 0) is 84.6 Å². The van der Waals surface area contributed by atoms with Crippen LogP contribution in [0.4, 0.5) is 0 Å². The summed E-state index contributed by atoms with van der Waals surface area (Å²) in [5.74, 6) is 3.56. The lowest BCUT2D eigenvalue weighted by molar-refractivity contribution is -0.120. The molecule has 2 aromatic rings. The monoisotopic (exact) mass is 365 g/mol. The predicted molar refractivity (Wildman–Crippen MR) is 108 cm³/mol. The van der Waals surface area contributed by atoms with Gasteiger partial charge in [0, 0.05) is 11.4 Å². The van der Waals surface area contributed by atoms with Gasteiger partial charge in [0.05, 0.1) is 5.75 Å². The third-order valence-electron chi connectivity index (χ3n) is 6.92. The number of hydrogen-bond donors (Lipinski definition) is 1. The summed E-state index contributed by atoms with van der Waals surface area (Å²) in [7, 11) is 0. The highest BCUT2D eigenvalue weighted by Crippen LogP contribution is 2.59. The van der Waals surface area contributed by atoms with Crippen LogP contribution in [-0.4, -0.2) is 18.2 Å². The van der Waals surface area contributed by atoms with Crippen molar-refractivity contribution in [1.29, 1.82) is 0 Å². The first-order valence-corrected chi connectivity index (χ1v) is 11.0. The fourth-order valence-electron chi connectivity index (χ4n) is 6.25. The van der Waals surface area contributed by atoms with E-state index in [2.05, 4.69) is 47.8 Å². The van der Waals surface area contributed by atoms with Crippen LogP contribution in [0.1, 0.15) is 38.5 Å². The van der Waals surface area contributed by atoms with Gasteiger partial charge in [-0.1, -0.05) is 30.3 Å². The summed E-state index contributed by atoms with van der Waals surface area (Å²) >= 11 is 1.65. The fraction of sp³-hybridized carbons (Fsp3) is 0.522. The minimum atomic E-state index is 0.193. The average Bonchev–Trinajstić information content (AvgIpc) is 2.63. The lowest BCUT2D eigenvalue weighted by atomic mass is 9.49. The lowest BCUT2D eigenvalue weighted by Crippen LogP contribution is -2.51. The molecule has 4 saturated carbocycles. The molecule has 4 aliphatic rings. The molecule has 0 radical (unpaired) electrons. The van der Waals surface area contributed by atoms with Gasteiger partial charge in [-0.2, -0.15) is 0 Å². The predicted octanol–water partition coefficient (Wildman–Crippen LogP) is 5.26. The van der Waals surface area contributed by atoms with Crippen LogP contribution in [-0.2, 0) is 4.79 Å². The minimum Gasteiger partial charge on any atom is -0.355 e. The Hall–Kier alpha value is -1.48. The number of amides is 1. The molecule has 3 heteroatoms. The first-order chi connectivity index (χ1) is 12.7. The number of hydrogen-bond acceptors (Lipinski definition) is 2. The first kappa shape index (κ1) is 16.7. The summed E-state index contributed by atoms with van der Waals surface area (Å²) < 4.78 is 0. The Balaban J connectivity index is 1.16. The highest BCUT2D eigenvalue weighted by atomic mass is 32.2. The molecule has 0 saturated heterocycles. The molecule has 0 atom stereocenters. The van der Waals surface area contributed by atoms with Gasteiger partial charge in [0.15, 0.2) is 0 Å². The molecular formula is C23H27NOS. The molecule has 2 aromatic carbocycles. The molecule has 0 heterocycles. The van der Waals surface area contributed by atoms with Gasteiger partial charge in [0.2, 0.25) is 5.91 Å². The number of carbonyl (C=O) groups excluding carboxylic acids is 1. The number of fused-ring (bicyclic) bond motifs is 1. The van der Waals surface area contributed by atoms with Crippen LogP contribution in [0.5, 0.6) is 0 Å². The first-order valence-electron chi connectivity index (χ1n) is 10.1.